The molecular formula is C14H19NO2S. The Morgan fingerprint density at radius 2 is 2.17 bits per heavy atom. The Labute approximate surface area is 113 Å². The van der Waals surface area contributed by atoms with E-state index in [1.807, 2.05) is 29.2 Å². The zero-order valence-electron chi connectivity index (χ0n) is 11.1. The molecule has 0 radical (unpaired) electrons. The van der Waals surface area contributed by atoms with Crippen LogP contribution in [-0.4, -0.2) is 30.2 Å². The summed E-state index contributed by atoms with van der Waals surface area (Å²) in [7, 11) is 1.67. The van der Waals surface area contributed by atoms with Gasteiger partial charge < -0.3 is 9.64 Å². The van der Waals surface area contributed by atoms with Gasteiger partial charge in [-0.1, -0.05) is 32.0 Å². The minimum Gasteiger partial charge on any atom is -0.496 e. The van der Waals surface area contributed by atoms with Gasteiger partial charge in [-0.2, -0.15) is 0 Å². The number of amides is 1. The van der Waals surface area contributed by atoms with Crippen molar-refractivity contribution in [3.63, 3.8) is 0 Å². The van der Waals surface area contributed by atoms with Crippen molar-refractivity contribution in [1.29, 1.82) is 0 Å². The van der Waals surface area contributed by atoms with E-state index in [2.05, 4.69) is 13.8 Å². The van der Waals surface area contributed by atoms with Crippen molar-refractivity contribution in [1.82, 2.24) is 4.90 Å². The molecule has 1 amide bonds. The van der Waals surface area contributed by atoms with Gasteiger partial charge >= 0.3 is 0 Å². The maximum Gasteiger partial charge on any atom is 0.233 e. The van der Waals surface area contributed by atoms with Gasteiger partial charge in [0.25, 0.3) is 0 Å². The molecule has 2 rings (SSSR count). The first-order chi connectivity index (χ1) is 8.63. The zero-order chi connectivity index (χ0) is 13.1. The molecule has 0 bridgehead atoms. The highest BCUT2D eigenvalue weighted by atomic mass is 32.2. The third-order valence-electron chi connectivity index (χ3n) is 2.93. The third kappa shape index (κ3) is 2.64. The number of carbonyl (C=O) groups excluding carboxylic acids is 1. The number of nitrogens with zero attached hydrogens (tertiary/aromatic N) is 1. The summed E-state index contributed by atoms with van der Waals surface area (Å²) in [5.74, 6) is 2.13. The van der Waals surface area contributed by atoms with Crippen molar-refractivity contribution in [3.8, 4) is 5.75 Å². The van der Waals surface area contributed by atoms with Crippen LogP contribution in [0.2, 0.25) is 0 Å². The summed E-state index contributed by atoms with van der Waals surface area (Å²) in [4.78, 5) is 13.9. The fourth-order valence-electron chi connectivity index (χ4n) is 2.17. The van der Waals surface area contributed by atoms with Crippen LogP contribution in [0.5, 0.6) is 5.75 Å². The molecule has 1 fully saturated rings. The number of carbonyl (C=O) groups is 1. The summed E-state index contributed by atoms with van der Waals surface area (Å²) < 4.78 is 5.39. The Morgan fingerprint density at radius 3 is 2.83 bits per heavy atom. The highest BCUT2D eigenvalue weighted by Crippen LogP contribution is 2.42. The number of para-hydroxylation sites is 1. The van der Waals surface area contributed by atoms with E-state index in [4.69, 9.17) is 4.74 Å². The molecule has 1 unspecified atom stereocenters. The Kier molecular flexibility index (Phi) is 4.17. The average molecular weight is 265 g/mol. The van der Waals surface area contributed by atoms with Crippen LogP contribution in [0.4, 0.5) is 0 Å². The van der Waals surface area contributed by atoms with E-state index < -0.39 is 0 Å². The molecule has 0 saturated carbocycles. The predicted octanol–water partition coefficient (Wildman–Crippen LogP) is 2.93. The third-order valence-corrected chi connectivity index (χ3v) is 4.17. The van der Waals surface area contributed by atoms with Crippen LogP contribution >= 0.6 is 11.8 Å². The van der Waals surface area contributed by atoms with Crippen molar-refractivity contribution in [2.45, 2.75) is 19.2 Å². The van der Waals surface area contributed by atoms with E-state index in [-0.39, 0.29) is 11.3 Å². The highest BCUT2D eigenvalue weighted by molar-refractivity contribution is 8.00. The smallest absolute Gasteiger partial charge is 0.233 e. The SMILES string of the molecule is COc1ccccc1C1SCC(=O)N1CC(C)C. The first kappa shape index (κ1) is 13.3. The number of thioether (sulfide) groups is 1. The van der Waals surface area contributed by atoms with Crippen LogP contribution in [0.25, 0.3) is 0 Å². The van der Waals surface area contributed by atoms with Crippen LogP contribution in [0.1, 0.15) is 24.8 Å². The van der Waals surface area contributed by atoms with Crippen LogP contribution in [0.3, 0.4) is 0 Å². The van der Waals surface area contributed by atoms with Gasteiger partial charge in [0.15, 0.2) is 0 Å². The van der Waals surface area contributed by atoms with Gasteiger partial charge in [0.2, 0.25) is 5.91 Å². The number of rotatable bonds is 4. The van der Waals surface area contributed by atoms with Gasteiger partial charge in [0.1, 0.15) is 11.1 Å². The van der Waals surface area contributed by atoms with E-state index >= 15 is 0 Å². The zero-order valence-corrected chi connectivity index (χ0v) is 11.9. The van der Waals surface area contributed by atoms with Gasteiger partial charge in [-0.25, -0.2) is 0 Å². The van der Waals surface area contributed by atoms with Gasteiger partial charge in [-0.3, -0.25) is 4.79 Å². The lowest BCUT2D eigenvalue weighted by Gasteiger charge is -2.26. The summed E-state index contributed by atoms with van der Waals surface area (Å²) in [6, 6.07) is 7.94. The molecule has 1 saturated heterocycles. The normalized spacial score (nSPS) is 19.7. The largest absolute Gasteiger partial charge is 0.496 e. The molecule has 1 atom stereocenters. The quantitative estimate of drug-likeness (QED) is 0.838. The molecule has 18 heavy (non-hydrogen) atoms. The lowest BCUT2D eigenvalue weighted by Crippen LogP contribution is -2.31. The Balaban J connectivity index is 2.28. The van der Waals surface area contributed by atoms with Crippen molar-refractivity contribution in [2.75, 3.05) is 19.4 Å². The molecule has 3 nitrogen and oxygen atoms in total. The van der Waals surface area contributed by atoms with Crippen LogP contribution in [0.15, 0.2) is 24.3 Å². The van der Waals surface area contributed by atoms with Gasteiger partial charge in [-0.15, -0.1) is 11.8 Å². The highest BCUT2D eigenvalue weighted by Gasteiger charge is 2.34. The van der Waals surface area contributed by atoms with Crippen molar-refractivity contribution >= 4 is 17.7 Å². The maximum absolute atomic E-state index is 12.0. The lowest BCUT2D eigenvalue weighted by atomic mass is 10.1. The monoisotopic (exact) mass is 265 g/mol. The second-order valence-corrected chi connectivity index (χ2v) is 5.91. The minimum absolute atomic E-state index is 0.0936. The predicted molar refractivity (Wildman–Crippen MR) is 74.7 cm³/mol. The van der Waals surface area contributed by atoms with E-state index in [0.29, 0.717) is 11.7 Å². The summed E-state index contributed by atoms with van der Waals surface area (Å²) >= 11 is 1.68. The molecule has 1 aliphatic heterocycles. The first-order valence-corrected chi connectivity index (χ1v) is 7.22. The Bertz CT molecular complexity index is 434. The van der Waals surface area contributed by atoms with E-state index in [1.54, 1.807) is 18.9 Å². The second-order valence-electron chi connectivity index (χ2n) is 4.85. The fourth-order valence-corrected chi connectivity index (χ4v) is 3.40. The molecule has 0 aromatic heterocycles. The van der Waals surface area contributed by atoms with E-state index in [1.165, 1.54) is 0 Å². The molecule has 1 heterocycles. The summed E-state index contributed by atoms with van der Waals surface area (Å²) in [6.45, 7) is 5.07. The van der Waals surface area contributed by atoms with Crippen molar-refractivity contribution in [3.05, 3.63) is 29.8 Å². The Hall–Kier alpha value is -1.16. The lowest BCUT2D eigenvalue weighted by molar-refractivity contribution is -0.128. The number of hydrogen-bond acceptors (Lipinski definition) is 3. The molecular weight excluding hydrogens is 246 g/mol. The fraction of sp³-hybridized carbons (Fsp3) is 0.500. The molecule has 1 aromatic rings. The average Bonchev–Trinajstić information content (AvgIpc) is 2.70. The summed E-state index contributed by atoms with van der Waals surface area (Å²) in [6.07, 6.45) is 0. The van der Waals surface area contributed by atoms with Crippen molar-refractivity contribution < 1.29 is 9.53 Å². The van der Waals surface area contributed by atoms with E-state index in [0.717, 1.165) is 17.9 Å². The molecule has 4 heteroatoms. The summed E-state index contributed by atoms with van der Waals surface area (Å²) in [5, 5.41) is 0.0936. The second kappa shape index (κ2) is 5.65. The molecule has 0 N–H and O–H groups in total. The molecule has 98 valence electrons. The van der Waals surface area contributed by atoms with Crippen LogP contribution in [0, 0.1) is 5.92 Å². The number of hydrogen-bond donors (Lipinski definition) is 0. The molecule has 1 aromatic carbocycles. The number of ether oxygens (including phenoxy) is 1. The van der Waals surface area contributed by atoms with E-state index in [9.17, 15) is 4.79 Å². The Morgan fingerprint density at radius 1 is 1.44 bits per heavy atom. The molecule has 1 aliphatic rings. The number of benzene rings is 1. The van der Waals surface area contributed by atoms with Gasteiger partial charge in [0.05, 0.1) is 12.9 Å². The molecule has 0 aliphatic carbocycles. The maximum atomic E-state index is 12.0. The topological polar surface area (TPSA) is 29.5 Å². The first-order valence-electron chi connectivity index (χ1n) is 6.17. The molecule has 0 spiro atoms. The summed E-state index contributed by atoms with van der Waals surface area (Å²) in [5.41, 5.74) is 1.09. The standard InChI is InChI=1S/C14H19NO2S/c1-10(2)8-15-13(16)9-18-14(15)11-6-4-5-7-12(11)17-3/h4-7,10,14H,8-9H2,1-3H3. The van der Waals surface area contributed by atoms with Gasteiger partial charge in [-0.05, 0) is 12.0 Å². The van der Waals surface area contributed by atoms with Crippen molar-refractivity contribution in [2.24, 2.45) is 5.92 Å². The minimum atomic E-state index is 0.0936. The van der Waals surface area contributed by atoms with Gasteiger partial charge in [0, 0.05) is 12.1 Å². The number of methoxy groups -OCH3 is 1. The van der Waals surface area contributed by atoms with Crippen LogP contribution < -0.4 is 4.74 Å². The van der Waals surface area contributed by atoms with Crippen LogP contribution in [-0.2, 0) is 4.79 Å².